The first-order chi connectivity index (χ1) is 12.6. The van der Waals surface area contributed by atoms with Gasteiger partial charge in [-0.1, -0.05) is 30.3 Å². The van der Waals surface area contributed by atoms with Crippen LogP contribution in [0.3, 0.4) is 0 Å². The number of fused-ring (bicyclic) bond motifs is 1. The van der Waals surface area contributed by atoms with Crippen molar-refractivity contribution in [1.82, 2.24) is 4.98 Å². The number of hydrogen-bond acceptors (Lipinski definition) is 4. The molecule has 5 nitrogen and oxygen atoms in total. The Morgan fingerprint density at radius 2 is 1.96 bits per heavy atom. The number of aromatic nitrogens is 1. The fourth-order valence-electron chi connectivity index (χ4n) is 2.79. The van der Waals surface area contributed by atoms with Crippen LogP contribution in [0.15, 0.2) is 54.6 Å². The van der Waals surface area contributed by atoms with Gasteiger partial charge in [0.25, 0.3) is 0 Å². The van der Waals surface area contributed by atoms with Gasteiger partial charge in [0.2, 0.25) is 5.91 Å². The van der Waals surface area contributed by atoms with Gasteiger partial charge in [-0.15, -0.1) is 0 Å². The summed E-state index contributed by atoms with van der Waals surface area (Å²) in [4.78, 5) is 16.1. The normalized spacial score (nSPS) is 11.7. The number of carbonyl (C=O) groups is 1. The Bertz CT molecular complexity index is 979. The second kappa shape index (κ2) is 7.62. The van der Waals surface area contributed by atoms with Crippen LogP contribution in [-0.2, 0) is 11.2 Å². The maximum Gasteiger partial charge on any atom is 0.222 e. The van der Waals surface area contributed by atoms with Crippen LogP contribution in [0.5, 0.6) is 0 Å². The zero-order valence-corrected chi connectivity index (χ0v) is 13.9. The lowest BCUT2D eigenvalue weighted by molar-refractivity contribution is -0.121. The predicted molar refractivity (Wildman–Crippen MR) is 97.7 cm³/mol. The predicted octanol–water partition coefficient (Wildman–Crippen LogP) is 3.00. The molecule has 2 aromatic carbocycles. The van der Waals surface area contributed by atoms with Crippen molar-refractivity contribution in [2.45, 2.75) is 6.42 Å². The van der Waals surface area contributed by atoms with Crippen molar-refractivity contribution in [2.75, 3.05) is 11.9 Å². The summed E-state index contributed by atoms with van der Waals surface area (Å²) in [7, 11) is 0. The van der Waals surface area contributed by atoms with Crippen molar-refractivity contribution in [3.8, 4) is 6.07 Å². The zero-order valence-electron chi connectivity index (χ0n) is 13.9. The van der Waals surface area contributed by atoms with Crippen LogP contribution in [0, 0.1) is 23.1 Å². The molecule has 0 radical (unpaired) electrons. The van der Waals surface area contributed by atoms with Gasteiger partial charge in [0.1, 0.15) is 17.6 Å². The van der Waals surface area contributed by atoms with Crippen LogP contribution >= 0.6 is 0 Å². The molecule has 1 unspecified atom stereocenters. The Hall–Kier alpha value is -3.46. The maximum atomic E-state index is 13.0. The van der Waals surface area contributed by atoms with Crippen LogP contribution in [-0.4, -0.2) is 17.4 Å². The zero-order chi connectivity index (χ0) is 18.5. The summed E-state index contributed by atoms with van der Waals surface area (Å²) in [5, 5.41) is 13.2. The molecule has 0 aliphatic rings. The van der Waals surface area contributed by atoms with E-state index in [1.54, 1.807) is 18.2 Å². The van der Waals surface area contributed by atoms with Gasteiger partial charge < -0.3 is 11.1 Å². The quantitative estimate of drug-likeness (QED) is 0.716. The molecule has 1 amide bonds. The summed E-state index contributed by atoms with van der Waals surface area (Å²) < 4.78 is 13.0. The summed E-state index contributed by atoms with van der Waals surface area (Å²) in [6, 6.07) is 17.1. The van der Waals surface area contributed by atoms with Crippen molar-refractivity contribution < 1.29 is 9.18 Å². The number of nitriles is 1. The highest BCUT2D eigenvalue weighted by Crippen LogP contribution is 2.23. The van der Waals surface area contributed by atoms with Crippen molar-refractivity contribution in [3.63, 3.8) is 0 Å². The number of benzene rings is 2. The summed E-state index contributed by atoms with van der Waals surface area (Å²) in [5.41, 5.74) is 8.07. The van der Waals surface area contributed by atoms with E-state index in [0.717, 1.165) is 16.6 Å². The Morgan fingerprint density at radius 1 is 1.23 bits per heavy atom. The average molecular weight is 348 g/mol. The Kier molecular flexibility index (Phi) is 5.09. The number of halogens is 1. The molecule has 3 N–H and O–H groups in total. The minimum atomic E-state index is -0.474. The molecular weight excluding hydrogens is 331 g/mol. The number of nitrogens with zero attached hydrogens (tertiary/aromatic N) is 2. The molecule has 1 atom stereocenters. The van der Waals surface area contributed by atoms with E-state index in [-0.39, 0.29) is 5.82 Å². The SMILES string of the molecule is N#Cc1cc(NCC(Cc2ccc(F)cc2)C(N)=O)c2ccccc2n1. The third-order valence-corrected chi connectivity index (χ3v) is 4.17. The van der Waals surface area contributed by atoms with Gasteiger partial charge in [-0.2, -0.15) is 5.26 Å². The summed E-state index contributed by atoms with van der Waals surface area (Å²) in [5.74, 6) is -1.24. The third kappa shape index (κ3) is 3.95. The van der Waals surface area contributed by atoms with E-state index in [4.69, 9.17) is 11.0 Å². The van der Waals surface area contributed by atoms with Crippen LogP contribution in [0.4, 0.5) is 10.1 Å². The van der Waals surface area contributed by atoms with E-state index in [1.165, 1.54) is 12.1 Å². The smallest absolute Gasteiger partial charge is 0.222 e. The number of pyridine rings is 1. The minimum Gasteiger partial charge on any atom is -0.384 e. The third-order valence-electron chi connectivity index (χ3n) is 4.17. The number of para-hydroxylation sites is 1. The topological polar surface area (TPSA) is 91.8 Å². The highest BCUT2D eigenvalue weighted by molar-refractivity contribution is 5.92. The summed E-state index contributed by atoms with van der Waals surface area (Å²) in [6.07, 6.45) is 0.400. The van der Waals surface area contributed by atoms with Crippen molar-refractivity contribution in [1.29, 1.82) is 5.26 Å². The van der Waals surface area contributed by atoms with Gasteiger partial charge in [0.05, 0.1) is 11.4 Å². The standard InChI is InChI=1S/C20H17FN4O/c21-15-7-5-13(6-8-15)9-14(20(23)26)12-24-19-10-16(11-22)25-18-4-2-1-3-17(18)19/h1-8,10,14H,9,12H2,(H2,23,26)(H,24,25). The molecule has 0 aliphatic carbocycles. The van der Waals surface area contributed by atoms with Gasteiger partial charge in [-0.3, -0.25) is 4.79 Å². The number of nitrogens with two attached hydrogens (primary N) is 1. The van der Waals surface area contributed by atoms with Gasteiger partial charge in [-0.25, -0.2) is 9.37 Å². The van der Waals surface area contributed by atoms with E-state index in [0.29, 0.717) is 24.2 Å². The lowest BCUT2D eigenvalue weighted by Crippen LogP contribution is -2.31. The highest BCUT2D eigenvalue weighted by atomic mass is 19.1. The first kappa shape index (κ1) is 17.4. The second-order valence-electron chi connectivity index (χ2n) is 5.99. The summed E-state index contributed by atoms with van der Waals surface area (Å²) in [6.45, 7) is 0.297. The van der Waals surface area contributed by atoms with Crippen molar-refractivity contribution in [3.05, 3.63) is 71.7 Å². The number of anilines is 1. The van der Waals surface area contributed by atoms with Crippen molar-refractivity contribution in [2.24, 2.45) is 11.7 Å². The van der Waals surface area contributed by atoms with Gasteiger partial charge in [0, 0.05) is 17.6 Å². The maximum absolute atomic E-state index is 13.0. The van der Waals surface area contributed by atoms with Gasteiger partial charge in [0.15, 0.2) is 0 Å². The van der Waals surface area contributed by atoms with Crippen LogP contribution in [0.1, 0.15) is 11.3 Å². The van der Waals surface area contributed by atoms with E-state index >= 15 is 0 Å². The average Bonchev–Trinajstić information content (AvgIpc) is 2.65. The number of primary amides is 1. The van der Waals surface area contributed by atoms with Gasteiger partial charge in [-0.05, 0) is 36.2 Å². The monoisotopic (exact) mass is 348 g/mol. The summed E-state index contributed by atoms with van der Waals surface area (Å²) >= 11 is 0. The van der Waals surface area contributed by atoms with Crippen LogP contribution < -0.4 is 11.1 Å². The minimum absolute atomic E-state index is 0.292. The number of amides is 1. The number of rotatable bonds is 6. The van der Waals surface area contributed by atoms with E-state index in [2.05, 4.69) is 10.3 Å². The van der Waals surface area contributed by atoms with Crippen LogP contribution in [0.25, 0.3) is 10.9 Å². The molecule has 1 heterocycles. The molecule has 0 saturated carbocycles. The van der Waals surface area contributed by atoms with E-state index in [9.17, 15) is 9.18 Å². The molecular formula is C20H17FN4O. The molecule has 26 heavy (non-hydrogen) atoms. The fourth-order valence-corrected chi connectivity index (χ4v) is 2.79. The molecule has 3 rings (SSSR count). The molecule has 0 bridgehead atoms. The Labute approximate surface area is 150 Å². The largest absolute Gasteiger partial charge is 0.384 e. The van der Waals surface area contributed by atoms with E-state index in [1.807, 2.05) is 30.3 Å². The first-order valence-electron chi connectivity index (χ1n) is 8.14. The number of carbonyl (C=O) groups excluding carboxylic acids is 1. The Balaban J connectivity index is 1.81. The highest BCUT2D eigenvalue weighted by Gasteiger charge is 2.17. The van der Waals surface area contributed by atoms with Gasteiger partial charge >= 0.3 is 0 Å². The lowest BCUT2D eigenvalue weighted by atomic mass is 9.98. The van der Waals surface area contributed by atoms with Crippen LogP contribution in [0.2, 0.25) is 0 Å². The molecule has 1 aromatic heterocycles. The lowest BCUT2D eigenvalue weighted by Gasteiger charge is -2.16. The number of hydrogen-bond donors (Lipinski definition) is 2. The van der Waals surface area contributed by atoms with Crippen molar-refractivity contribution >= 4 is 22.5 Å². The molecule has 0 spiro atoms. The Morgan fingerprint density at radius 3 is 2.65 bits per heavy atom. The fraction of sp³-hybridized carbons (Fsp3) is 0.150. The first-order valence-corrected chi connectivity index (χ1v) is 8.14. The molecule has 130 valence electrons. The second-order valence-corrected chi connectivity index (χ2v) is 5.99. The molecule has 3 aromatic rings. The molecule has 0 aliphatic heterocycles. The molecule has 6 heteroatoms. The number of nitrogens with one attached hydrogen (secondary N) is 1. The van der Waals surface area contributed by atoms with E-state index < -0.39 is 11.8 Å². The molecule has 0 saturated heterocycles. The molecule has 0 fully saturated rings.